The van der Waals surface area contributed by atoms with Gasteiger partial charge in [-0.25, -0.2) is 0 Å². The van der Waals surface area contributed by atoms with Crippen molar-refractivity contribution in [3.05, 3.63) is 69.7 Å². The minimum Gasteiger partial charge on any atom is -0.316 e. The molecular weight excluding hydrogens is 310 g/mol. The van der Waals surface area contributed by atoms with Crippen LogP contribution in [0.1, 0.15) is 34.9 Å². The Morgan fingerprint density at radius 3 is 2.50 bits per heavy atom. The van der Waals surface area contributed by atoms with Gasteiger partial charge in [0.2, 0.25) is 0 Å². The number of aryl methyl sites for hydroxylation is 1. The van der Waals surface area contributed by atoms with Gasteiger partial charge in [0.15, 0.2) is 0 Å². The van der Waals surface area contributed by atoms with Gasteiger partial charge >= 0.3 is 0 Å². The van der Waals surface area contributed by atoms with E-state index in [1.807, 2.05) is 0 Å². The molecular formula is C18H20BrN. The summed E-state index contributed by atoms with van der Waals surface area (Å²) in [6.45, 7) is 4.42. The zero-order valence-corrected chi connectivity index (χ0v) is 13.4. The Labute approximate surface area is 129 Å². The summed E-state index contributed by atoms with van der Waals surface area (Å²) in [5, 5.41) is 3.56. The van der Waals surface area contributed by atoms with Gasteiger partial charge in [-0.05, 0) is 54.6 Å². The molecule has 0 aromatic heterocycles. The first-order chi connectivity index (χ1) is 9.75. The molecule has 0 saturated carbocycles. The summed E-state index contributed by atoms with van der Waals surface area (Å²) in [5.74, 6) is 1.19. The zero-order chi connectivity index (χ0) is 13.9. The van der Waals surface area contributed by atoms with Crippen LogP contribution in [0.3, 0.4) is 0 Å². The Kier molecular flexibility index (Phi) is 4.23. The standard InChI is InChI=1S/C18H20BrN/c1-13-4-2-3-5-16(13)17-10-11-20-12-18(17)14-6-8-15(19)9-7-14/h2-9,17-18,20H,10-12H2,1H3. The van der Waals surface area contributed by atoms with Crippen LogP contribution in [0.2, 0.25) is 0 Å². The van der Waals surface area contributed by atoms with Crippen molar-refractivity contribution in [2.45, 2.75) is 25.2 Å². The molecule has 2 aromatic carbocycles. The SMILES string of the molecule is Cc1ccccc1C1CCNCC1c1ccc(Br)cc1. The lowest BCUT2D eigenvalue weighted by Gasteiger charge is -2.34. The molecule has 0 bridgehead atoms. The molecule has 1 N–H and O–H groups in total. The van der Waals surface area contributed by atoms with E-state index >= 15 is 0 Å². The molecule has 1 nitrogen and oxygen atoms in total. The fourth-order valence-corrected chi connectivity index (χ4v) is 3.56. The van der Waals surface area contributed by atoms with E-state index in [2.05, 4.69) is 76.7 Å². The molecule has 0 amide bonds. The average Bonchev–Trinajstić information content (AvgIpc) is 2.49. The minimum atomic E-state index is 0.568. The largest absolute Gasteiger partial charge is 0.316 e. The maximum Gasteiger partial charge on any atom is 0.0175 e. The lowest BCUT2D eigenvalue weighted by Crippen LogP contribution is -2.34. The van der Waals surface area contributed by atoms with Crippen molar-refractivity contribution in [1.82, 2.24) is 5.32 Å². The van der Waals surface area contributed by atoms with E-state index in [0.29, 0.717) is 11.8 Å². The van der Waals surface area contributed by atoms with E-state index in [0.717, 1.165) is 17.6 Å². The van der Waals surface area contributed by atoms with E-state index in [1.54, 1.807) is 0 Å². The number of rotatable bonds is 2. The van der Waals surface area contributed by atoms with Crippen molar-refractivity contribution >= 4 is 15.9 Å². The molecule has 104 valence electrons. The average molecular weight is 330 g/mol. The Hall–Kier alpha value is -1.12. The summed E-state index contributed by atoms with van der Waals surface area (Å²) in [5.41, 5.74) is 4.37. The van der Waals surface area contributed by atoms with Crippen molar-refractivity contribution < 1.29 is 0 Å². The predicted octanol–water partition coefficient (Wildman–Crippen LogP) is 4.62. The third kappa shape index (κ3) is 2.82. The summed E-state index contributed by atoms with van der Waals surface area (Å²) < 4.78 is 1.15. The van der Waals surface area contributed by atoms with Crippen LogP contribution in [0.5, 0.6) is 0 Å². The molecule has 3 rings (SSSR count). The molecule has 0 aliphatic carbocycles. The lowest BCUT2D eigenvalue weighted by atomic mass is 9.76. The maximum atomic E-state index is 3.56. The quantitative estimate of drug-likeness (QED) is 0.847. The summed E-state index contributed by atoms with van der Waals surface area (Å²) in [4.78, 5) is 0. The van der Waals surface area contributed by atoms with Crippen LogP contribution in [0.4, 0.5) is 0 Å². The highest BCUT2D eigenvalue weighted by atomic mass is 79.9. The third-order valence-corrected chi connectivity index (χ3v) is 4.90. The molecule has 2 atom stereocenters. The minimum absolute atomic E-state index is 0.568. The second-order valence-corrected chi connectivity index (χ2v) is 6.53. The van der Waals surface area contributed by atoms with Crippen molar-refractivity contribution in [2.75, 3.05) is 13.1 Å². The zero-order valence-electron chi connectivity index (χ0n) is 11.8. The summed E-state index contributed by atoms with van der Waals surface area (Å²) in [7, 11) is 0. The summed E-state index contributed by atoms with van der Waals surface area (Å²) in [6.07, 6.45) is 1.21. The van der Waals surface area contributed by atoms with Crippen LogP contribution in [0.25, 0.3) is 0 Å². The monoisotopic (exact) mass is 329 g/mol. The molecule has 0 spiro atoms. The van der Waals surface area contributed by atoms with E-state index in [-0.39, 0.29) is 0 Å². The fourth-order valence-electron chi connectivity index (χ4n) is 3.29. The van der Waals surface area contributed by atoms with Crippen LogP contribution >= 0.6 is 15.9 Å². The summed E-state index contributed by atoms with van der Waals surface area (Å²) >= 11 is 3.53. The highest BCUT2D eigenvalue weighted by Gasteiger charge is 2.28. The van der Waals surface area contributed by atoms with Gasteiger partial charge in [0, 0.05) is 16.9 Å². The van der Waals surface area contributed by atoms with Crippen molar-refractivity contribution in [2.24, 2.45) is 0 Å². The Morgan fingerprint density at radius 2 is 1.75 bits per heavy atom. The first-order valence-corrected chi connectivity index (χ1v) is 8.06. The van der Waals surface area contributed by atoms with Crippen molar-refractivity contribution in [1.29, 1.82) is 0 Å². The Bertz CT molecular complexity index is 576. The van der Waals surface area contributed by atoms with Gasteiger partial charge in [0.1, 0.15) is 0 Å². The van der Waals surface area contributed by atoms with Crippen LogP contribution in [-0.4, -0.2) is 13.1 Å². The van der Waals surface area contributed by atoms with Gasteiger partial charge in [-0.2, -0.15) is 0 Å². The molecule has 2 aromatic rings. The number of halogens is 1. The van der Waals surface area contributed by atoms with Gasteiger partial charge in [0.25, 0.3) is 0 Å². The van der Waals surface area contributed by atoms with Gasteiger partial charge in [0.05, 0.1) is 0 Å². The van der Waals surface area contributed by atoms with Crippen molar-refractivity contribution in [3.63, 3.8) is 0 Å². The smallest absolute Gasteiger partial charge is 0.0175 e. The van der Waals surface area contributed by atoms with Crippen molar-refractivity contribution in [3.8, 4) is 0 Å². The Balaban J connectivity index is 1.95. The molecule has 1 aliphatic heterocycles. The van der Waals surface area contributed by atoms with Crippen LogP contribution < -0.4 is 5.32 Å². The lowest BCUT2D eigenvalue weighted by molar-refractivity contribution is 0.403. The molecule has 1 fully saturated rings. The summed E-state index contributed by atoms with van der Waals surface area (Å²) in [6, 6.07) is 17.7. The number of benzene rings is 2. The molecule has 0 radical (unpaired) electrons. The first-order valence-electron chi connectivity index (χ1n) is 7.27. The topological polar surface area (TPSA) is 12.0 Å². The number of nitrogens with one attached hydrogen (secondary N) is 1. The predicted molar refractivity (Wildman–Crippen MR) is 88.3 cm³/mol. The number of hydrogen-bond acceptors (Lipinski definition) is 1. The van der Waals surface area contributed by atoms with E-state index < -0.39 is 0 Å². The van der Waals surface area contributed by atoms with E-state index in [1.165, 1.54) is 23.1 Å². The molecule has 1 heterocycles. The number of piperidine rings is 1. The van der Waals surface area contributed by atoms with E-state index in [9.17, 15) is 0 Å². The van der Waals surface area contributed by atoms with Gasteiger partial charge < -0.3 is 5.32 Å². The number of hydrogen-bond donors (Lipinski definition) is 1. The maximum absolute atomic E-state index is 3.56. The van der Waals surface area contributed by atoms with Crippen LogP contribution in [0.15, 0.2) is 53.0 Å². The third-order valence-electron chi connectivity index (χ3n) is 4.37. The first kappa shape index (κ1) is 13.8. The molecule has 2 heteroatoms. The second-order valence-electron chi connectivity index (χ2n) is 5.61. The highest BCUT2D eigenvalue weighted by Crippen LogP contribution is 2.38. The Morgan fingerprint density at radius 1 is 1.00 bits per heavy atom. The molecule has 1 aliphatic rings. The molecule has 1 saturated heterocycles. The normalized spacial score (nSPS) is 22.7. The highest BCUT2D eigenvalue weighted by molar-refractivity contribution is 9.10. The molecule has 20 heavy (non-hydrogen) atoms. The van der Waals surface area contributed by atoms with Gasteiger partial charge in [-0.3, -0.25) is 0 Å². The molecule has 2 unspecified atom stereocenters. The van der Waals surface area contributed by atoms with Crippen LogP contribution in [-0.2, 0) is 0 Å². The van der Waals surface area contributed by atoms with Gasteiger partial charge in [-0.1, -0.05) is 52.3 Å². The van der Waals surface area contributed by atoms with E-state index in [4.69, 9.17) is 0 Å². The van der Waals surface area contributed by atoms with Gasteiger partial charge in [-0.15, -0.1) is 0 Å². The van der Waals surface area contributed by atoms with Crippen LogP contribution in [0, 0.1) is 6.92 Å². The second kappa shape index (κ2) is 6.11. The fraction of sp³-hybridized carbons (Fsp3) is 0.333.